The van der Waals surface area contributed by atoms with Gasteiger partial charge >= 0.3 is 0 Å². The van der Waals surface area contributed by atoms with Crippen LogP contribution in [-0.4, -0.2) is 20.3 Å². The summed E-state index contributed by atoms with van der Waals surface area (Å²) in [4.78, 5) is 0. The molecule has 0 fully saturated rings. The average Bonchev–Trinajstić information content (AvgIpc) is 2.51. The number of benzene rings is 2. The lowest BCUT2D eigenvalue weighted by atomic mass is 10.1. The molecular formula is C18H23NO2. The highest BCUT2D eigenvalue weighted by molar-refractivity contribution is 5.33. The van der Waals surface area contributed by atoms with Gasteiger partial charge in [0.1, 0.15) is 18.1 Å². The molecule has 0 saturated carbocycles. The predicted octanol–water partition coefficient (Wildman–Crippen LogP) is 3.48. The largest absolute Gasteiger partial charge is 0.497 e. The fraction of sp³-hybridized carbons (Fsp3) is 0.333. The molecule has 2 aromatic carbocycles. The van der Waals surface area contributed by atoms with Gasteiger partial charge in [0.25, 0.3) is 0 Å². The zero-order valence-electron chi connectivity index (χ0n) is 13.0. The maximum Gasteiger partial charge on any atom is 0.119 e. The van der Waals surface area contributed by atoms with Crippen molar-refractivity contribution >= 4 is 0 Å². The van der Waals surface area contributed by atoms with E-state index in [1.807, 2.05) is 18.2 Å². The van der Waals surface area contributed by atoms with Gasteiger partial charge < -0.3 is 14.8 Å². The first-order chi connectivity index (χ1) is 10.2. The van der Waals surface area contributed by atoms with Gasteiger partial charge in [-0.3, -0.25) is 0 Å². The minimum Gasteiger partial charge on any atom is -0.497 e. The van der Waals surface area contributed by atoms with E-state index >= 15 is 0 Å². The summed E-state index contributed by atoms with van der Waals surface area (Å²) in [5, 5.41) is 3.37. The van der Waals surface area contributed by atoms with E-state index in [1.165, 1.54) is 16.7 Å². The molecule has 0 amide bonds. The molecule has 0 saturated heterocycles. The molecule has 0 unspecified atom stereocenters. The molecular weight excluding hydrogens is 262 g/mol. The molecule has 0 bridgehead atoms. The molecule has 1 N–H and O–H groups in total. The van der Waals surface area contributed by atoms with E-state index in [2.05, 4.69) is 43.4 Å². The van der Waals surface area contributed by atoms with Crippen LogP contribution in [0, 0.1) is 13.8 Å². The normalized spacial score (nSPS) is 10.4. The van der Waals surface area contributed by atoms with E-state index in [0.29, 0.717) is 6.61 Å². The summed E-state index contributed by atoms with van der Waals surface area (Å²) in [5.74, 6) is 1.82. The minimum absolute atomic E-state index is 0.665. The first-order valence-corrected chi connectivity index (χ1v) is 7.23. The van der Waals surface area contributed by atoms with E-state index in [-0.39, 0.29) is 0 Å². The number of hydrogen-bond acceptors (Lipinski definition) is 3. The molecule has 0 spiro atoms. The first-order valence-electron chi connectivity index (χ1n) is 7.23. The Bertz CT molecular complexity index is 564. The lowest BCUT2D eigenvalue weighted by molar-refractivity contribution is 0.313. The highest BCUT2D eigenvalue weighted by atomic mass is 16.5. The van der Waals surface area contributed by atoms with Crippen molar-refractivity contribution in [1.29, 1.82) is 0 Å². The summed E-state index contributed by atoms with van der Waals surface area (Å²) in [6.45, 7) is 6.53. The summed E-state index contributed by atoms with van der Waals surface area (Å²) in [6.07, 6.45) is 0. The fourth-order valence-electron chi connectivity index (χ4n) is 2.02. The van der Waals surface area contributed by atoms with E-state index in [4.69, 9.17) is 9.47 Å². The second kappa shape index (κ2) is 7.70. The maximum atomic E-state index is 5.73. The number of ether oxygens (including phenoxy) is 2. The van der Waals surface area contributed by atoms with Crippen LogP contribution >= 0.6 is 0 Å². The molecule has 2 rings (SSSR count). The van der Waals surface area contributed by atoms with Gasteiger partial charge in [-0.05, 0) is 54.8 Å². The Morgan fingerprint density at radius 2 is 1.62 bits per heavy atom. The number of aryl methyl sites for hydroxylation is 2. The van der Waals surface area contributed by atoms with Crippen molar-refractivity contribution in [1.82, 2.24) is 5.32 Å². The van der Waals surface area contributed by atoms with Crippen LogP contribution < -0.4 is 14.8 Å². The van der Waals surface area contributed by atoms with Crippen molar-refractivity contribution in [3.63, 3.8) is 0 Å². The average molecular weight is 285 g/mol. The Balaban J connectivity index is 1.68. The standard InChI is InChI=1S/C18H23NO2/c1-14-4-7-18(12-15(14)2)21-11-10-19-13-16-5-8-17(20-3)9-6-16/h4-9,12,19H,10-11,13H2,1-3H3. The summed E-state index contributed by atoms with van der Waals surface area (Å²) in [6, 6.07) is 14.3. The van der Waals surface area contributed by atoms with Gasteiger partial charge in [0.05, 0.1) is 7.11 Å². The van der Waals surface area contributed by atoms with Crippen LogP contribution in [0.15, 0.2) is 42.5 Å². The van der Waals surface area contributed by atoms with Crippen LogP contribution in [0.5, 0.6) is 11.5 Å². The van der Waals surface area contributed by atoms with E-state index in [9.17, 15) is 0 Å². The van der Waals surface area contributed by atoms with Crippen LogP contribution in [0.3, 0.4) is 0 Å². The molecule has 0 aliphatic heterocycles. The third-order valence-corrected chi connectivity index (χ3v) is 3.51. The second-order valence-electron chi connectivity index (χ2n) is 5.12. The van der Waals surface area contributed by atoms with Crippen molar-refractivity contribution < 1.29 is 9.47 Å². The first kappa shape index (κ1) is 15.4. The highest BCUT2D eigenvalue weighted by Gasteiger charge is 1.98. The van der Waals surface area contributed by atoms with E-state index < -0.39 is 0 Å². The third-order valence-electron chi connectivity index (χ3n) is 3.51. The SMILES string of the molecule is COc1ccc(CNCCOc2ccc(C)c(C)c2)cc1. The minimum atomic E-state index is 0.665. The Morgan fingerprint density at radius 1 is 0.905 bits per heavy atom. The van der Waals surface area contributed by atoms with Gasteiger partial charge in [-0.1, -0.05) is 18.2 Å². The van der Waals surface area contributed by atoms with Crippen molar-refractivity contribution in [2.45, 2.75) is 20.4 Å². The van der Waals surface area contributed by atoms with Crippen LogP contribution in [0.25, 0.3) is 0 Å². The monoisotopic (exact) mass is 285 g/mol. The van der Waals surface area contributed by atoms with Crippen molar-refractivity contribution in [3.05, 3.63) is 59.2 Å². The molecule has 3 nitrogen and oxygen atoms in total. The fourth-order valence-corrected chi connectivity index (χ4v) is 2.02. The molecule has 112 valence electrons. The molecule has 3 heteroatoms. The summed E-state index contributed by atoms with van der Waals surface area (Å²) in [7, 11) is 1.68. The Hall–Kier alpha value is -2.00. The molecule has 0 aliphatic carbocycles. The van der Waals surface area contributed by atoms with Gasteiger partial charge in [-0.2, -0.15) is 0 Å². The van der Waals surface area contributed by atoms with Crippen molar-refractivity contribution in [2.24, 2.45) is 0 Å². The summed E-state index contributed by atoms with van der Waals surface area (Å²) >= 11 is 0. The predicted molar refractivity (Wildman–Crippen MR) is 86.1 cm³/mol. The van der Waals surface area contributed by atoms with Gasteiger partial charge in [0.15, 0.2) is 0 Å². The van der Waals surface area contributed by atoms with E-state index in [0.717, 1.165) is 24.6 Å². The molecule has 21 heavy (non-hydrogen) atoms. The van der Waals surface area contributed by atoms with E-state index in [1.54, 1.807) is 7.11 Å². The molecule has 0 atom stereocenters. The molecule has 0 radical (unpaired) electrons. The number of methoxy groups -OCH3 is 1. The lowest BCUT2D eigenvalue weighted by Gasteiger charge is -2.09. The van der Waals surface area contributed by atoms with Gasteiger partial charge in [-0.15, -0.1) is 0 Å². The Kier molecular flexibility index (Phi) is 5.64. The molecule has 0 heterocycles. The van der Waals surface area contributed by atoms with Crippen LogP contribution in [0.4, 0.5) is 0 Å². The topological polar surface area (TPSA) is 30.5 Å². The zero-order valence-corrected chi connectivity index (χ0v) is 13.0. The second-order valence-corrected chi connectivity index (χ2v) is 5.12. The van der Waals surface area contributed by atoms with Crippen LogP contribution in [0.2, 0.25) is 0 Å². The third kappa shape index (κ3) is 4.80. The van der Waals surface area contributed by atoms with Gasteiger partial charge in [0, 0.05) is 13.1 Å². The number of hydrogen-bond donors (Lipinski definition) is 1. The Morgan fingerprint density at radius 3 is 2.29 bits per heavy atom. The van der Waals surface area contributed by atoms with Gasteiger partial charge in [0.2, 0.25) is 0 Å². The lowest BCUT2D eigenvalue weighted by Crippen LogP contribution is -2.20. The number of nitrogens with one attached hydrogen (secondary N) is 1. The summed E-state index contributed by atoms with van der Waals surface area (Å²) < 4.78 is 10.9. The van der Waals surface area contributed by atoms with Crippen LogP contribution in [0.1, 0.15) is 16.7 Å². The summed E-state index contributed by atoms with van der Waals surface area (Å²) in [5.41, 5.74) is 3.79. The molecule has 2 aromatic rings. The Labute approximate surface area is 126 Å². The maximum absolute atomic E-state index is 5.73. The van der Waals surface area contributed by atoms with Crippen molar-refractivity contribution in [2.75, 3.05) is 20.3 Å². The molecule has 0 aromatic heterocycles. The molecule has 0 aliphatic rings. The number of rotatable bonds is 7. The van der Waals surface area contributed by atoms with Gasteiger partial charge in [-0.25, -0.2) is 0 Å². The smallest absolute Gasteiger partial charge is 0.119 e. The van der Waals surface area contributed by atoms with Crippen molar-refractivity contribution in [3.8, 4) is 11.5 Å². The van der Waals surface area contributed by atoms with Crippen LogP contribution in [-0.2, 0) is 6.54 Å². The zero-order chi connectivity index (χ0) is 15.1. The highest BCUT2D eigenvalue weighted by Crippen LogP contribution is 2.16. The quantitative estimate of drug-likeness (QED) is 0.790.